The Morgan fingerprint density at radius 1 is 1.10 bits per heavy atom. The minimum atomic E-state index is -3.55. The first-order chi connectivity index (χ1) is 10.0. The van der Waals surface area contributed by atoms with Crippen LogP contribution in [0.3, 0.4) is 0 Å². The molecule has 120 valence electrons. The van der Waals surface area contributed by atoms with Crippen LogP contribution in [-0.4, -0.2) is 37.0 Å². The first-order valence-corrected chi connectivity index (χ1v) is 9.16. The van der Waals surface area contributed by atoms with Crippen molar-refractivity contribution in [1.29, 1.82) is 0 Å². The summed E-state index contributed by atoms with van der Waals surface area (Å²) in [5.41, 5.74) is 1.15. The number of aliphatic hydroxyl groups excluding tert-OH is 1. The molecule has 1 aromatic carbocycles. The van der Waals surface area contributed by atoms with Crippen molar-refractivity contribution >= 4 is 10.0 Å². The van der Waals surface area contributed by atoms with Gasteiger partial charge in [-0.25, -0.2) is 8.42 Å². The summed E-state index contributed by atoms with van der Waals surface area (Å²) in [6.07, 6.45) is 3.47. The van der Waals surface area contributed by atoms with Crippen molar-refractivity contribution in [1.82, 2.24) is 4.31 Å². The van der Waals surface area contributed by atoms with E-state index < -0.39 is 10.0 Å². The number of hydrogen-bond acceptors (Lipinski definition) is 3. The van der Waals surface area contributed by atoms with Gasteiger partial charge in [0.15, 0.2) is 0 Å². The molecule has 0 amide bonds. The number of benzene rings is 1. The van der Waals surface area contributed by atoms with E-state index in [1.165, 1.54) is 4.31 Å². The molecule has 5 heteroatoms. The zero-order valence-corrected chi connectivity index (χ0v) is 14.1. The summed E-state index contributed by atoms with van der Waals surface area (Å²) in [5, 5.41) is 9.19. The quantitative estimate of drug-likeness (QED) is 0.762. The maximum Gasteiger partial charge on any atom is 0.243 e. The van der Waals surface area contributed by atoms with E-state index in [2.05, 4.69) is 6.92 Å². The molecule has 21 heavy (non-hydrogen) atoms. The lowest BCUT2D eigenvalue weighted by molar-refractivity contribution is 0.219. The topological polar surface area (TPSA) is 57.6 Å². The van der Waals surface area contributed by atoms with E-state index in [9.17, 15) is 13.5 Å². The average molecular weight is 313 g/mol. The Labute approximate surface area is 128 Å². The van der Waals surface area contributed by atoms with E-state index in [1.807, 2.05) is 26.0 Å². The molecule has 1 N–H and O–H groups in total. The van der Waals surface area contributed by atoms with Gasteiger partial charge in [-0.3, -0.25) is 0 Å². The summed E-state index contributed by atoms with van der Waals surface area (Å²) in [5.74, 6) is 0. The van der Waals surface area contributed by atoms with Crippen molar-refractivity contribution in [3.05, 3.63) is 29.8 Å². The van der Waals surface area contributed by atoms with Crippen molar-refractivity contribution in [2.75, 3.05) is 13.2 Å². The van der Waals surface area contributed by atoms with Crippen LogP contribution in [0.25, 0.3) is 0 Å². The summed E-state index contributed by atoms with van der Waals surface area (Å²) in [6, 6.07) is 7.03. The fourth-order valence-electron chi connectivity index (χ4n) is 2.55. The van der Waals surface area contributed by atoms with Gasteiger partial charge in [0.2, 0.25) is 10.0 Å². The molecule has 1 rings (SSSR count). The van der Waals surface area contributed by atoms with Crippen molar-refractivity contribution < 1.29 is 13.5 Å². The third kappa shape index (κ3) is 4.53. The standard InChI is InChI=1S/C16H27NO3S/c1-4-7-14-8-10-16(11-9-14)21(19,20)17(12-13-18)15(5-2)6-3/h8-11,15,18H,4-7,12-13H2,1-3H3. The largest absolute Gasteiger partial charge is 0.395 e. The van der Waals surface area contributed by atoms with E-state index in [-0.39, 0.29) is 19.2 Å². The summed E-state index contributed by atoms with van der Waals surface area (Å²) < 4.78 is 27.0. The summed E-state index contributed by atoms with van der Waals surface area (Å²) >= 11 is 0. The van der Waals surface area contributed by atoms with Gasteiger partial charge in [0.1, 0.15) is 0 Å². The van der Waals surface area contributed by atoms with Crippen LogP contribution < -0.4 is 0 Å². The zero-order chi connectivity index (χ0) is 15.9. The summed E-state index contributed by atoms with van der Waals surface area (Å²) in [4.78, 5) is 0.308. The lowest BCUT2D eigenvalue weighted by Gasteiger charge is -2.29. The Kier molecular flexibility index (Phi) is 7.35. The van der Waals surface area contributed by atoms with Crippen LogP contribution in [0.2, 0.25) is 0 Å². The molecule has 4 nitrogen and oxygen atoms in total. The number of hydrogen-bond donors (Lipinski definition) is 1. The van der Waals surface area contributed by atoms with Gasteiger partial charge in [0, 0.05) is 12.6 Å². The molecular formula is C16H27NO3S. The van der Waals surface area contributed by atoms with E-state index in [4.69, 9.17) is 0 Å². The highest BCUT2D eigenvalue weighted by Crippen LogP contribution is 2.21. The van der Waals surface area contributed by atoms with Gasteiger partial charge in [-0.15, -0.1) is 0 Å². The molecular weight excluding hydrogens is 286 g/mol. The molecule has 1 aromatic rings. The lowest BCUT2D eigenvalue weighted by Crippen LogP contribution is -2.41. The van der Waals surface area contributed by atoms with Gasteiger partial charge >= 0.3 is 0 Å². The highest BCUT2D eigenvalue weighted by Gasteiger charge is 2.29. The molecule has 0 unspecified atom stereocenters. The van der Waals surface area contributed by atoms with Gasteiger partial charge in [-0.05, 0) is 37.0 Å². The molecule has 0 fully saturated rings. The number of aryl methyl sites for hydroxylation is 1. The first kappa shape index (κ1) is 18.1. The van der Waals surface area contributed by atoms with Crippen molar-refractivity contribution in [3.63, 3.8) is 0 Å². The van der Waals surface area contributed by atoms with Crippen LogP contribution in [0, 0.1) is 0 Å². The molecule has 0 aliphatic rings. The molecule has 0 spiro atoms. The Hall–Kier alpha value is -0.910. The molecule has 0 saturated carbocycles. The predicted octanol–water partition coefficient (Wildman–Crippen LogP) is 2.81. The molecule has 0 aliphatic heterocycles. The lowest BCUT2D eigenvalue weighted by atomic mass is 10.1. The maximum atomic E-state index is 12.8. The van der Waals surface area contributed by atoms with Crippen molar-refractivity contribution in [3.8, 4) is 0 Å². The highest BCUT2D eigenvalue weighted by atomic mass is 32.2. The highest BCUT2D eigenvalue weighted by molar-refractivity contribution is 7.89. The molecule has 0 bridgehead atoms. The molecule has 0 aliphatic carbocycles. The minimum Gasteiger partial charge on any atom is -0.395 e. The van der Waals surface area contributed by atoms with E-state index in [0.717, 1.165) is 31.2 Å². The van der Waals surface area contributed by atoms with Crippen molar-refractivity contribution in [2.24, 2.45) is 0 Å². The number of rotatable bonds is 9. The second-order valence-corrected chi connectivity index (χ2v) is 7.09. The Morgan fingerprint density at radius 3 is 2.10 bits per heavy atom. The molecule has 0 atom stereocenters. The fraction of sp³-hybridized carbons (Fsp3) is 0.625. The van der Waals surface area contributed by atoms with Gasteiger partial charge in [0.05, 0.1) is 11.5 Å². The number of aliphatic hydroxyl groups is 1. The summed E-state index contributed by atoms with van der Waals surface area (Å²) in [7, 11) is -3.55. The minimum absolute atomic E-state index is 0.0718. The molecule has 0 aromatic heterocycles. The van der Waals surface area contributed by atoms with E-state index >= 15 is 0 Å². The average Bonchev–Trinajstić information content (AvgIpc) is 2.48. The molecule has 0 heterocycles. The number of nitrogens with zero attached hydrogens (tertiary/aromatic N) is 1. The summed E-state index contributed by atoms with van der Waals surface area (Å²) in [6.45, 7) is 6.02. The molecule has 0 saturated heterocycles. The van der Waals surface area contributed by atoms with Crippen LogP contribution >= 0.6 is 0 Å². The van der Waals surface area contributed by atoms with Crippen molar-refractivity contribution in [2.45, 2.75) is 57.4 Å². The third-order valence-electron chi connectivity index (χ3n) is 3.74. The van der Waals surface area contributed by atoms with Crippen LogP contribution in [0.15, 0.2) is 29.2 Å². The smallest absolute Gasteiger partial charge is 0.243 e. The van der Waals surface area contributed by atoms with Crippen LogP contribution in [0.4, 0.5) is 0 Å². The van der Waals surface area contributed by atoms with E-state index in [1.54, 1.807) is 12.1 Å². The zero-order valence-electron chi connectivity index (χ0n) is 13.2. The van der Waals surface area contributed by atoms with Gasteiger partial charge in [0.25, 0.3) is 0 Å². The molecule has 0 radical (unpaired) electrons. The second-order valence-electron chi connectivity index (χ2n) is 5.20. The van der Waals surface area contributed by atoms with Gasteiger partial charge in [-0.1, -0.05) is 39.3 Å². The maximum absolute atomic E-state index is 12.8. The number of sulfonamides is 1. The van der Waals surface area contributed by atoms with Crippen LogP contribution in [-0.2, 0) is 16.4 Å². The van der Waals surface area contributed by atoms with Gasteiger partial charge < -0.3 is 5.11 Å². The van der Waals surface area contributed by atoms with Gasteiger partial charge in [-0.2, -0.15) is 4.31 Å². The fourth-order valence-corrected chi connectivity index (χ4v) is 4.31. The Balaban J connectivity index is 3.09. The first-order valence-electron chi connectivity index (χ1n) is 7.72. The Bertz CT molecular complexity index is 507. The SMILES string of the molecule is CCCc1ccc(S(=O)(=O)N(CCO)C(CC)CC)cc1. The second kappa shape index (κ2) is 8.51. The van der Waals surface area contributed by atoms with Crippen LogP contribution in [0.5, 0.6) is 0 Å². The van der Waals surface area contributed by atoms with E-state index in [0.29, 0.717) is 4.90 Å². The third-order valence-corrected chi connectivity index (χ3v) is 5.70. The monoisotopic (exact) mass is 313 g/mol. The predicted molar refractivity (Wildman–Crippen MR) is 85.8 cm³/mol. The Morgan fingerprint density at radius 2 is 1.67 bits per heavy atom. The van der Waals surface area contributed by atoms with Crippen LogP contribution in [0.1, 0.15) is 45.6 Å². The normalized spacial score (nSPS) is 12.3.